The summed E-state index contributed by atoms with van der Waals surface area (Å²) >= 11 is 0.950. The van der Waals surface area contributed by atoms with E-state index in [2.05, 4.69) is 9.65 Å². The number of hydrogen-bond donors (Lipinski definition) is 3. The second-order valence-corrected chi connectivity index (χ2v) is 5.63. The van der Waals surface area contributed by atoms with Crippen LogP contribution in [0.4, 0.5) is 5.69 Å². The summed E-state index contributed by atoms with van der Waals surface area (Å²) < 4.78 is 4.06. The van der Waals surface area contributed by atoms with Crippen molar-refractivity contribution in [1.82, 2.24) is 0 Å². The van der Waals surface area contributed by atoms with Gasteiger partial charge in [0.15, 0.2) is 0 Å². The van der Waals surface area contributed by atoms with Gasteiger partial charge in [-0.2, -0.15) is 4.33 Å². The molecular formula is C13H20N2O2S. The van der Waals surface area contributed by atoms with Gasteiger partial charge in [-0.05, 0) is 49.8 Å². The molecule has 100 valence electrons. The molecule has 18 heavy (non-hydrogen) atoms. The molecule has 1 aliphatic rings. The molecule has 0 amide bonds. The lowest BCUT2D eigenvalue weighted by Crippen LogP contribution is -2.29. The molecule has 0 saturated heterocycles. The van der Waals surface area contributed by atoms with Gasteiger partial charge in [-0.25, -0.2) is 5.26 Å². The second-order valence-electron chi connectivity index (χ2n) is 4.85. The summed E-state index contributed by atoms with van der Waals surface area (Å²) in [6.07, 6.45) is 4.70. The quantitative estimate of drug-likeness (QED) is 0.435. The summed E-state index contributed by atoms with van der Waals surface area (Å²) in [6.45, 7) is 0.987. The molecule has 4 N–H and O–H groups in total. The number of hydrogen-bond acceptors (Lipinski definition) is 5. The molecular weight excluding hydrogens is 248 g/mol. The second kappa shape index (κ2) is 6.99. The van der Waals surface area contributed by atoms with E-state index >= 15 is 0 Å². The molecule has 0 radical (unpaired) electrons. The largest absolute Gasteiger partial charge is 0.385 e. The fourth-order valence-electron chi connectivity index (χ4n) is 2.36. The van der Waals surface area contributed by atoms with Gasteiger partial charge in [-0.1, -0.05) is 6.07 Å². The highest BCUT2D eigenvalue weighted by Crippen LogP contribution is 2.25. The fraction of sp³-hybridized carbons (Fsp3) is 0.538. The molecule has 1 fully saturated rings. The number of nitrogens with one attached hydrogen (secondary N) is 1. The van der Waals surface area contributed by atoms with E-state index in [1.807, 2.05) is 24.3 Å². The minimum Gasteiger partial charge on any atom is -0.385 e. The zero-order valence-electron chi connectivity index (χ0n) is 10.3. The Morgan fingerprint density at radius 1 is 1.33 bits per heavy atom. The molecule has 0 heterocycles. The van der Waals surface area contributed by atoms with E-state index in [0.29, 0.717) is 6.04 Å². The normalized spacial score (nSPS) is 23.9. The molecule has 5 heteroatoms. The highest BCUT2D eigenvalue weighted by molar-refractivity contribution is 7.94. The first kappa shape index (κ1) is 13.7. The Kier molecular flexibility index (Phi) is 5.31. The zero-order chi connectivity index (χ0) is 12.8. The average molecular weight is 268 g/mol. The molecule has 0 spiro atoms. The van der Waals surface area contributed by atoms with Crippen LogP contribution in [0.15, 0.2) is 29.2 Å². The number of anilines is 1. The van der Waals surface area contributed by atoms with Crippen molar-refractivity contribution < 1.29 is 9.59 Å². The van der Waals surface area contributed by atoms with Gasteiger partial charge in [0.05, 0.1) is 12.0 Å². The van der Waals surface area contributed by atoms with Crippen molar-refractivity contribution in [2.75, 3.05) is 11.9 Å². The van der Waals surface area contributed by atoms with Crippen molar-refractivity contribution in [3.05, 3.63) is 24.3 Å². The molecule has 2 rings (SSSR count). The first-order chi connectivity index (χ1) is 8.78. The molecule has 0 bridgehead atoms. The topological polar surface area (TPSA) is 67.5 Å². The summed E-state index contributed by atoms with van der Waals surface area (Å²) in [5, 5.41) is 11.8. The van der Waals surface area contributed by atoms with Crippen LogP contribution in [0.2, 0.25) is 0 Å². The van der Waals surface area contributed by atoms with E-state index in [9.17, 15) is 0 Å². The zero-order valence-corrected chi connectivity index (χ0v) is 11.2. The van der Waals surface area contributed by atoms with Crippen LogP contribution in [0.3, 0.4) is 0 Å². The maximum atomic E-state index is 8.40. The first-order valence-corrected chi connectivity index (χ1v) is 7.09. The highest BCUT2D eigenvalue weighted by atomic mass is 32.2. The number of rotatable bonds is 5. The maximum absolute atomic E-state index is 8.40. The Morgan fingerprint density at radius 2 is 2.11 bits per heavy atom. The van der Waals surface area contributed by atoms with Crippen LogP contribution in [-0.4, -0.2) is 17.8 Å². The summed E-state index contributed by atoms with van der Waals surface area (Å²) in [5.41, 5.74) is 6.96. The van der Waals surface area contributed by atoms with Gasteiger partial charge < -0.3 is 11.1 Å². The van der Waals surface area contributed by atoms with E-state index in [-0.39, 0.29) is 0 Å². The third kappa shape index (κ3) is 4.17. The number of nitrogens with two attached hydrogens (primary N) is 1. The SMILES string of the molecule is NC1CCC(CNc2cccc(SOO)c2)CC1. The van der Waals surface area contributed by atoms with Gasteiger partial charge in [-0.15, -0.1) is 0 Å². The van der Waals surface area contributed by atoms with Gasteiger partial charge in [0, 0.05) is 23.2 Å². The Labute approximate surface area is 112 Å². The molecule has 1 saturated carbocycles. The highest BCUT2D eigenvalue weighted by Gasteiger charge is 2.17. The fourth-order valence-corrected chi connectivity index (χ4v) is 2.75. The summed E-state index contributed by atoms with van der Waals surface area (Å²) in [5.74, 6) is 0.718. The van der Waals surface area contributed by atoms with Crippen LogP contribution in [0, 0.1) is 5.92 Å². The Morgan fingerprint density at radius 3 is 2.83 bits per heavy atom. The lowest BCUT2D eigenvalue weighted by atomic mass is 9.86. The van der Waals surface area contributed by atoms with Crippen molar-refractivity contribution >= 4 is 17.7 Å². The maximum Gasteiger partial charge on any atom is 0.0680 e. The molecule has 0 aliphatic heterocycles. The molecule has 0 atom stereocenters. The molecule has 1 aromatic carbocycles. The summed E-state index contributed by atoms with van der Waals surface area (Å²) in [6, 6.07) is 8.24. The predicted molar refractivity (Wildman–Crippen MR) is 74.4 cm³/mol. The Hall–Kier alpha value is -0.750. The Balaban J connectivity index is 1.80. The first-order valence-electron chi connectivity index (χ1n) is 6.35. The van der Waals surface area contributed by atoms with E-state index in [4.69, 9.17) is 11.0 Å². The third-order valence-electron chi connectivity index (χ3n) is 3.45. The molecule has 4 nitrogen and oxygen atoms in total. The van der Waals surface area contributed by atoms with Crippen LogP contribution in [-0.2, 0) is 4.33 Å². The Bertz CT molecular complexity index is 368. The van der Waals surface area contributed by atoms with Gasteiger partial charge in [0.2, 0.25) is 0 Å². The van der Waals surface area contributed by atoms with E-state index in [1.165, 1.54) is 12.8 Å². The number of benzene rings is 1. The smallest absolute Gasteiger partial charge is 0.0680 e. The van der Waals surface area contributed by atoms with Crippen molar-refractivity contribution in [2.45, 2.75) is 36.6 Å². The molecule has 1 aromatic rings. The average Bonchev–Trinajstić information content (AvgIpc) is 2.39. The van der Waals surface area contributed by atoms with Crippen LogP contribution in [0.5, 0.6) is 0 Å². The minimum absolute atomic E-state index is 0.405. The van der Waals surface area contributed by atoms with E-state index in [1.54, 1.807) is 0 Å². The summed E-state index contributed by atoms with van der Waals surface area (Å²) in [4.78, 5) is 0.883. The van der Waals surface area contributed by atoms with Crippen molar-refractivity contribution in [2.24, 2.45) is 11.7 Å². The lowest BCUT2D eigenvalue weighted by Gasteiger charge is -2.26. The van der Waals surface area contributed by atoms with Crippen LogP contribution in [0.25, 0.3) is 0 Å². The van der Waals surface area contributed by atoms with E-state index < -0.39 is 0 Å². The summed E-state index contributed by atoms with van der Waals surface area (Å²) in [7, 11) is 0. The molecule has 1 aliphatic carbocycles. The van der Waals surface area contributed by atoms with Gasteiger partial charge >= 0.3 is 0 Å². The van der Waals surface area contributed by atoms with Gasteiger partial charge in [0.25, 0.3) is 0 Å². The van der Waals surface area contributed by atoms with Crippen molar-refractivity contribution in [1.29, 1.82) is 0 Å². The van der Waals surface area contributed by atoms with E-state index in [0.717, 1.165) is 47.9 Å². The van der Waals surface area contributed by atoms with Gasteiger partial charge in [-0.3, -0.25) is 0 Å². The standard InChI is InChI=1S/C13H20N2O2S/c14-11-6-4-10(5-7-11)9-15-12-2-1-3-13(8-12)18-17-16/h1-3,8,10-11,15-16H,4-7,9,14H2. The molecule has 0 aromatic heterocycles. The third-order valence-corrected chi connectivity index (χ3v) is 3.97. The molecule has 0 unspecified atom stereocenters. The monoisotopic (exact) mass is 268 g/mol. The lowest BCUT2D eigenvalue weighted by molar-refractivity contribution is -0.116. The van der Waals surface area contributed by atoms with Crippen LogP contribution >= 0.6 is 12.0 Å². The van der Waals surface area contributed by atoms with Crippen molar-refractivity contribution in [3.8, 4) is 0 Å². The predicted octanol–water partition coefficient (Wildman–Crippen LogP) is 3.11. The van der Waals surface area contributed by atoms with Crippen molar-refractivity contribution in [3.63, 3.8) is 0 Å². The van der Waals surface area contributed by atoms with Gasteiger partial charge in [0.1, 0.15) is 0 Å². The van der Waals surface area contributed by atoms with Crippen LogP contribution in [0.1, 0.15) is 25.7 Å². The minimum atomic E-state index is 0.405. The van der Waals surface area contributed by atoms with Crippen LogP contribution < -0.4 is 11.1 Å².